The minimum absolute atomic E-state index is 0. The first-order valence-corrected chi connectivity index (χ1v) is 3.23. The average molecular weight is 151 g/mol. The van der Waals surface area contributed by atoms with Crippen molar-refractivity contribution in [3.05, 3.63) is 50.7 Å². The van der Waals surface area contributed by atoms with Crippen LogP contribution < -0.4 is 0 Å². The van der Waals surface area contributed by atoms with Crippen molar-refractivity contribution in [2.75, 3.05) is 6.61 Å². The second-order valence-corrected chi connectivity index (χ2v) is 1.65. The van der Waals surface area contributed by atoms with E-state index in [9.17, 15) is 0 Å². The van der Waals surface area contributed by atoms with E-state index in [1.54, 1.807) is 0 Å². The van der Waals surface area contributed by atoms with Crippen molar-refractivity contribution in [1.82, 2.24) is 0 Å². The normalized spacial score (nSPS) is 7.09. The highest BCUT2D eigenvalue weighted by atomic mass is 16.2. The van der Waals surface area contributed by atoms with E-state index in [-0.39, 0.29) is 14.0 Å². The standard InChI is InChI=1S/C6H5.C3H7O.CH3/c1-2-4-6-5-3-1;1-2-3-4;/h1-5H;4H,1-3H2;1H3. The van der Waals surface area contributed by atoms with Gasteiger partial charge in [-0.3, -0.25) is 0 Å². The van der Waals surface area contributed by atoms with E-state index in [0.29, 0.717) is 6.42 Å². The lowest BCUT2D eigenvalue weighted by atomic mass is 10.4. The Hall–Kier alpha value is -0.820. The van der Waals surface area contributed by atoms with Crippen LogP contribution in [0.15, 0.2) is 30.3 Å². The van der Waals surface area contributed by atoms with Gasteiger partial charge in [-0.2, -0.15) is 0 Å². The van der Waals surface area contributed by atoms with Crippen molar-refractivity contribution < 1.29 is 5.11 Å². The monoisotopic (exact) mass is 151 g/mol. The van der Waals surface area contributed by atoms with Gasteiger partial charge in [-0.25, -0.2) is 0 Å². The predicted molar refractivity (Wildman–Crippen MR) is 48.8 cm³/mol. The van der Waals surface area contributed by atoms with Crippen LogP contribution in [0.3, 0.4) is 0 Å². The Bertz CT molecular complexity index is 96.8. The molecule has 1 nitrogen and oxygen atoms in total. The van der Waals surface area contributed by atoms with Crippen LogP contribution in [0.25, 0.3) is 0 Å². The summed E-state index contributed by atoms with van der Waals surface area (Å²) in [5.41, 5.74) is 0. The Balaban J connectivity index is 0. The Morgan fingerprint density at radius 3 is 1.73 bits per heavy atom. The van der Waals surface area contributed by atoms with Crippen LogP contribution in [0.4, 0.5) is 0 Å². The van der Waals surface area contributed by atoms with Gasteiger partial charge in [0.25, 0.3) is 0 Å². The highest BCUT2D eigenvalue weighted by molar-refractivity contribution is 4.97. The maximum atomic E-state index is 7.81. The second kappa shape index (κ2) is 11.9. The predicted octanol–water partition coefficient (Wildman–Crippen LogP) is 2.14. The third kappa shape index (κ3) is 12.4. The maximum absolute atomic E-state index is 7.81. The van der Waals surface area contributed by atoms with Gasteiger partial charge in [-0.1, -0.05) is 44.7 Å². The van der Waals surface area contributed by atoms with Crippen LogP contribution in [0.2, 0.25) is 0 Å². The molecule has 1 aromatic rings. The number of aliphatic hydroxyl groups is 1. The zero-order chi connectivity index (χ0) is 7.66. The summed E-state index contributed by atoms with van der Waals surface area (Å²) >= 11 is 0. The molecule has 0 fully saturated rings. The van der Waals surface area contributed by atoms with Gasteiger partial charge >= 0.3 is 0 Å². The molecule has 1 heteroatoms. The molecule has 11 heavy (non-hydrogen) atoms. The molecule has 0 atom stereocenters. The van der Waals surface area contributed by atoms with E-state index >= 15 is 0 Å². The third-order valence-corrected chi connectivity index (χ3v) is 0.765. The van der Waals surface area contributed by atoms with Crippen LogP contribution >= 0.6 is 0 Å². The van der Waals surface area contributed by atoms with Gasteiger partial charge in [-0.05, 0) is 12.5 Å². The van der Waals surface area contributed by atoms with Gasteiger partial charge in [0, 0.05) is 6.61 Å². The van der Waals surface area contributed by atoms with Crippen molar-refractivity contribution in [1.29, 1.82) is 0 Å². The van der Waals surface area contributed by atoms with Gasteiger partial charge in [0.1, 0.15) is 0 Å². The summed E-state index contributed by atoms with van der Waals surface area (Å²) in [5.74, 6) is 0. The minimum atomic E-state index is 0. The van der Waals surface area contributed by atoms with E-state index in [1.165, 1.54) is 0 Å². The molecule has 0 aliphatic carbocycles. The molecule has 0 aliphatic rings. The van der Waals surface area contributed by atoms with Crippen molar-refractivity contribution in [3.63, 3.8) is 0 Å². The molecule has 0 bridgehead atoms. The highest BCUT2D eigenvalue weighted by Crippen LogP contribution is 1.78. The van der Waals surface area contributed by atoms with Crippen molar-refractivity contribution >= 4 is 0 Å². The van der Waals surface area contributed by atoms with Crippen molar-refractivity contribution in [2.24, 2.45) is 0 Å². The molecule has 0 spiro atoms. The fourth-order valence-electron chi connectivity index (χ4n) is 0.342. The van der Waals surface area contributed by atoms with Crippen LogP contribution in [0.5, 0.6) is 0 Å². The largest absolute Gasteiger partial charge is 0.396 e. The molecule has 1 aromatic carbocycles. The van der Waals surface area contributed by atoms with E-state index < -0.39 is 0 Å². The molecule has 61 valence electrons. The molecule has 0 unspecified atom stereocenters. The average Bonchev–Trinajstić information content (AvgIpc) is 2.08. The number of hydrogen-bond donors (Lipinski definition) is 1. The SMILES string of the molecule is [CH2]CCO.[CH3].[c]1ccccc1. The first kappa shape index (κ1) is 12.8. The third-order valence-electron chi connectivity index (χ3n) is 0.765. The quantitative estimate of drug-likeness (QED) is 0.652. The molecular formula is C10H15O. The summed E-state index contributed by atoms with van der Waals surface area (Å²) in [4.78, 5) is 0. The summed E-state index contributed by atoms with van der Waals surface area (Å²) in [7, 11) is 0. The van der Waals surface area contributed by atoms with Gasteiger partial charge in [0.15, 0.2) is 0 Å². The van der Waals surface area contributed by atoms with Crippen LogP contribution in [-0.2, 0) is 0 Å². The Morgan fingerprint density at radius 1 is 1.18 bits per heavy atom. The number of hydrogen-bond acceptors (Lipinski definition) is 1. The fraction of sp³-hybridized carbons (Fsp3) is 0.200. The van der Waals surface area contributed by atoms with E-state index in [1.807, 2.05) is 30.3 Å². The lowest BCUT2D eigenvalue weighted by molar-refractivity contribution is 0.302. The Labute approximate surface area is 69.7 Å². The summed E-state index contributed by atoms with van der Waals surface area (Å²) < 4.78 is 0. The molecule has 0 aromatic heterocycles. The van der Waals surface area contributed by atoms with E-state index in [2.05, 4.69) is 13.0 Å². The zero-order valence-corrected chi connectivity index (χ0v) is 6.96. The first-order valence-electron chi connectivity index (χ1n) is 3.23. The second-order valence-electron chi connectivity index (χ2n) is 1.65. The number of benzene rings is 1. The molecular weight excluding hydrogens is 136 g/mol. The molecule has 0 aliphatic heterocycles. The topological polar surface area (TPSA) is 20.2 Å². The van der Waals surface area contributed by atoms with Crippen LogP contribution in [0, 0.1) is 20.4 Å². The summed E-state index contributed by atoms with van der Waals surface area (Å²) in [5, 5.41) is 7.81. The summed E-state index contributed by atoms with van der Waals surface area (Å²) in [6.45, 7) is 3.56. The van der Waals surface area contributed by atoms with Gasteiger partial charge < -0.3 is 5.11 Å². The van der Waals surface area contributed by atoms with Crippen LogP contribution in [-0.4, -0.2) is 11.7 Å². The van der Waals surface area contributed by atoms with Crippen LogP contribution in [0.1, 0.15) is 6.42 Å². The molecule has 0 saturated carbocycles. The van der Waals surface area contributed by atoms with E-state index in [0.717, 1.165) is 0 Å². The van der Waals surface area contributed by atoms with Crippen molar-refractivity contribution in [3.8, 4) is 0 Å². The van der Waals surface area contributed by atoms with Crippen molar-refractivity contribution in [2.45, 2.75) is 6.42 Å². The first-order chi connectivity index (χ1) is 4.91. The number of aliphatic hydroxyl groups excluding tert-OH is 1. The van der Waals surface area contributed by atoms with Gasteiger partial charge in [0.2, 0.25) is 0 Å². The molecule has 0 saturated heterocycles. The molecule has 3 radical (unpaired) electrons. The smallest absolute Gasteiger partial charge is 0.0431 e. The number of rotatable bonds is 1. The van der Waals surface area contributed by atoms with E-state index in [4.69, 9.17) is 5.11 Å². The Morgan fingerprint density at radius 2 is 1.64 bits per heavy atom. The lowest BCUT2D eigenvalue weighted by Gasteiger charge is -1.69. The maximum Gasteiger partial charge on any atom is 0.0431 e. The fourth-order valence-corrected chi connectivity index (χ4v) is 0.342. The molecule has 0 heterocycles. The lowest BCUT2D eigenvalue weighted by Crippen LogP contribution is -1.70. The van der Waals surface area contributed by atoms with Gasteiger partial charge in [-0.15, -0.1) is 0 Å². The zero-order valence-electron chi connectivity index (χ0n) is 6.96. The summed E-state index contributed by atoms with van der Waals surface area (Å²) in [6.07, 6.45) is 0.625. The molecule has 1 rings (SSSR count). The molecule has 1 N–H and O–H groups in total. The minimum Gasteiger partial charge on any atom is -0.396 e. The molecule has 0 amide bonds. The Kier molecular flexibility index (Phi) is 13.9. The highest BCUT2D eigenvalue weighted by Gasteiger charge is 1.59. The van der Waals surface area contributed by atoms with Gasteiger partial charge in [0.05, 0.1) is 0 Å². The summed E-state index contributed by atoms with van der Waals surface area (Å²) in [6, 6.07) is 12.5.